The standard InChI is InChI=1S/C12H10N2O3/c1-6-4-10(15)17-12-7(6)2-3-9-11(12)8(14-13)5-16-9/h2-5,14H,13H2,1H3. The lowest BCUT2D eigenvalue weighted by molar-refractivity contribution is 0.562. The summed E-state index contributed by atoms with van der Waals surface area (Å²) in [7, 11) is 0. The van der Waals surface area contributed by atoms with Gasteiger partial charge >= 0.3 is 5.63 Å². The third-order valence-corrected chi connectivity index (χ3v) is 2.81. The van der Waals surface area contributed by atoms with Crippen molar-refractivity contribution < 1.29 is 8.83 Å². The van der Waals surface area contributed by atoms with Gasteiger partial charge in [-0.3, -0.25) is 5.84 Å². The lowest BCUT2D eigenvalue weighted by Crippen LogP contribution is -2.06. The van der Waals surface area contributed by atoms with Gasteiger partial charge in [-0.25, -0.2) is 4.79 Å². The number of hydrogen-bond donors (Lipinski definition) is 2. The summed E-state index contributed by atoms with van der Waals surface area (Å²) in [5.74, 6) is 5.40. The minimum atomic E-state index is -0.383. The Morgan fingerprint density at radius 1 is 1.35 bits per heavy atom. The van der Waals surface area contributed by atoms with Crippen LogP contribution in [0, 0.1) is 6.92 Å². The zero-order valence-electron chi connectivity index (χ0n) is 9.11. The summed E-state index contributed by atoms with van der Waals surface area (Å²) >= 11 is 0. The van der Waals surface area contributed by atoms with E-state index in [-0.39, 0.29) is 5.63 Å². The summed E-state index contributed by atoms with van der Waals surface area (Å²) in [4.78, 5) is 11.4. The third-order valence-electron chi connectivity index (χ3n) is 2.81. The fraction of sp³-hybridized carbons (Fsp3) is 0.0833. The van der Waals surface area contributed by atoms with E-state index >= 15 is 0 Å². The van der Waals surface area contributed by atoms with Crippen LogP contribution >= 0.6 is 0 Å². The molecule has 0 amide bonds. The van der Waals surface area contributed by atoms with Crippen molar-refractivity contribution in [1.29, 1.82) is 0 Å². The smallest absolute Gasteiger partial charge is 0.336 e. The summed E-state index contributed by atoms with van der Waals surface area (Å²) < 4.78 is 10.6. The van der Waals surface area contributed by atoms with Crippen LogP contribution in [0.2, 0.25) is 0 Å². The van der Waals surface area contributed by atoms with Gasteiger partial charge in [0.15, 0.2) is 5.58 Å². The number of nitrogens with two attached hydrogens (primary N) is 1. The fourth-order valence-electron chi connectivity index (χ4n) is 2.01. The first-order valence-corrected chi connectivity index (χ1v) is 5.12. The Labute approximate surface area is 95.8 Å². The number of hydrazine groups is 1. The molecule has 2 aromatic heterocycles. The van der Waals surface area contributed by atoms with Gasteiger partial charge in [0.05, 0.1) is 11.1 Å². The van der Waals surface area contributed by atoms with Crippen LogP contribution in [0.1, 0.15) is 5.56 Å². The zero-order valence-corrected chi connectivity index (χ0v) is 9.11. The van der Waals surface area contributed by atoms with Crippen LogP contribution in [0.15, 0.2) is 38.1 Å². The lowest BCUT2D eigenvalue weighted by Gasteiger charge is -2.02. The van der Waals surface area contributed by atoms with Crippen molar-refractivity contribution in [2.75, 3.05) is 5.43 Å². The Kier molecular flexibility index (Phi) is 1.96. The highest BCUT2D eigenvalue weighted by molar-refractivity contribution is 6.09. The van der Waals surface area contributed by atoms with E-state index in [4.69, 9.17) is 14.7 Å². The number of aryl methyl sites for hydroxylation is 1. The molecule has 3 aromatic rings. The van der Waals surface area contributed by atoms with Gasteiger partial charge in [-0.15, -0.1) is 0 Å². The topological polar surface area (TPSA) is 81.4 Å². The SMILES string of the molecule is Cc1cc(=O)oc2c1ccc1occ(NN)c12. The van der Waals surface area contributed by atoms with Crippen LogP contribution in [0.5, 0.6) is 0 Å². The molecule has 5 nitrogen and oxygen atoms in total. The van der Waals surface area contributed by atoms with Crippen molar-refractivity contribution in [3.63, 3.8) is 0 Å². The fourth-order valence-corrected chi connectivity index (χ4v) is 2.01. The van der Waals surface area contributed by atoms with E-state index in [1.165, 1.54) is 12.3 Å². The van der Waals surface area contributed by atoms with Crippen molar-refractivity contribution in [1.82, 2.24) is 0 Å². The number of nitrogen functional groups attached to an aromatic ring is 1. The Morgan fingerprint density at radius 2 is 2.18 bits per heavy atom. The molecule has 0 aliphatic heterocycles. The number of furan rings is 1. The molecule has 0 atom stereocenters. The number of fused-ring (bicyclic) bond motifs is 3. The molecule has 0 aliphatic rings. The van der Waals surface area contributed by atoms with Crippen molar-refractivity contribution in [3.05, 3.63) is 40.4 Å². The first-order chi connectivity index (χ1) is 8.20. The molecular weight excluding hydrogens is 220 g/mol. The molecule has 0 saturated heterocycles. The van der Waals surface area contributed by atoms with Crippen molar-refractivity contribution in [3.8, 4) is 0 Å². The highest BCUT2D eigenvalue weighted by Crippen LogP contribution is 2.32. The molecule has 0 aliphatic carbocycles. The van der Waals surface area contributed by atoms with E-state index in [1.54, 1.807) is 0 Å². The van der Waals surface area contributed by atoms with E-state index in [9.17, 15) is 4.79 Å². The van der Waals surface area contributed by atoms with Gasteiger partial charge in [-0.1, -0.05) is 0 Å². The first kappa shape index (κ1) is 9.92. The second-order valence-corrected chi connectivity index (χ2v) is 3.86. The molecule has 1 aromatic carbocycles. The average molecular weight is 230 g/mol. The van der Waals surface area contributed by atoms with E-state index in [1.807, 2.05) is 19.1 Å². The minimum Gasteiger partial charge on any atom is -0.462 e. The van der Waals surface area contributed by atoms with Crippen molar-refractivity contribution >= 4 is 27.6 Å². The number of benzene rings is 1. The second-order valence-electron chi connectivity index (χ2n) is 3.86. The maximum Gasteiger partial charge on any atom is 0.336 e. The normalized spacial score (nSPS) is 11.2. The molecule has 0 radical (unpaired) electrons. The van der Waals surface area contributed by atoms with Crippen LogP contribution in [0.3, 0.4) is 0 Å². The molecule has 0 unspecified atom stereocenters. The molecule has 5 heteroatoms. The molecule has 0 fully saturated rings. The second kappa shape index (κ2) is 3.36. The average Bonchev–Trinajstić information content (AvgIpc) is 2.71. The molecule has 0 saturated carbocycles. The van der Waals surface area contributed by atoms with Crippen molar-refractivity contribution in [2.45, 2.75) is 6.92 Å². The van der Waals surface area contributed by atoms with Crippen molar-refractivity contribution in [2.24, 2.45) is 5.84 Å². The number of rotatable bonds is 1. The van der Waals surface area contributed by atoms with Crippen LogP contribution in [0.4, 0.5) is 5.69 Å². The molecule has 0 spiro atoms. The van der Waals surface area contributed by atoms with Crippen LogP contribution in [0.25, 0.3) is 21.9 Å². The molecular formula is C12H10N2O3. The highest BCUT2D eigenvalue weighted by atomic mass is 16.4. The lowest BCUT2D eigenvalue weighted by atomic mass is 10.1. The zero-order chi connectivity index (χ0) is 12.0. The number of nitrogens with one attached hydrogen (secondary N) is 1. The Hall–Kier alpha value is -2.27. The molecule has 2 heterocycles. The molecule has 17 heavy (non-hydrogen) atoms. The summed E-state index contributed by atoms with van der Waals surface area (Å²) in [6.45, 7) is 1.86. The van der Waals surface area contributed by atoms with Gasteiger partial charge < -0.3 is 14.3 Å². The van der Waals surface area contributed by atoms with E-state index in [0.29, 0.717) is 22.2 Å². The van der Waals surface area contributed by atoms with Gasteiger partial charge in [0.2, 0.25) is 0 Å². The van der Waals surface area contributed by atoms with Gasteiger partial charge in [0.1, 0.15) is 11.8 Å². The van der Waals surface area contributed by atoms with E-state index in [0.717, 1.165) is 10.9 Å². The number of hydrogen-bond acceptors (Lipinski definition) is 5. The quantitative estimate of drug-likeness (QED) is 0.380. The predicted molar refractivity (Wildman–Crippen MR) is 64.8 cm³/mol. The van der Waals surface area contributed by atoms with Gasteiger partial charge in [0, 0.05) is 11.5 Å². The Balaban J connectivity index is 2.61. The highest BCUT2D eigenvalue weighted by Gasteiger charge is 2.12. The minimum absolute atomic E-state index is 0.383. The van der Waals surface area contributed by atoms with Crippen LogP contribution in [-0.4, -0.2) is 0 Å². The third kappa shape index (κ3) is 1.33. The summed E-state index contributed by atoms with van der Waals surface area (Å²) in [6.07, 6.45) is 1.49. The molecule has 3 N–H and O–H groups in total. The summed E-state index contributed by atoms with van der Waals surface area (Å²) in [6, 6.07) is 5.15. The Bertz CT molecular complexity index is 770. The number of anilines is 1. The van der Waals surface area contributed by atoms with Crippen LogP contribution < -0.4 is 16.9 Å². The van der Waals surface area contributed by atoms with E-state index < -0.39 is 0 Å². The maximum absolute atomic E-state index is 11.4. The van der Waals surface area contributed by atoms with Gasteiger partial charge in [0.25, 0.3) is 0 Å². The monoisotopic (exact) mass is 230 g/mol. The first-order valence-electron chi connectivity index (χ1n) is 5.12. The van der Waals surface area contributed by atoms with Crippen LogP contribution in [-0.2, 0) is 0 Å². The summed E-state index contributed by atoms with van der Waals surface area (Å²) in [5.41, 5.74) is 4.72. The predicted octanol–water partition coefficient (Wildman–Crippen LogP) is 2.13. The van der Waals surface area contributed by atoms with Gasteiger partial charge in [-0.05, 0) is 24.6 Å². The molecule has 3 rings (SSSR count). The summed E-state index contributed by atoms with van der Waals surface area (Å²) in [5, 5.41) is 1.56. The maximum atomic E-state index is 11.4. The van der Waals surface area contributed by atoms with E-state index in [2.05, 4.69) is 5.43 Å². The molecule has 0 bridgehead atoms. The largest absolute Gasteiger partial charge is 0.462 e. The molecule has 86 valence electrons. The Morgan fingerprint density at radius 3 is 2.94 bits per heavy atom. The van der Waals surface area contributed by atoms with Gasteiger partial charge in [-0.2, -0.15) is 0 Å².